The van der Waals surface area contributed by atoms with Crippen LogP contribution >= 0.6 is 0 Å². The molecule has 0 saturated heterocycles. The Bertz CT molecular complexity index is 276. The van der Waals surface area contributed by atoms with Gasteiger partial charge in [-0.05, 0) is 43.0 Å². The van der Waals surface area contributed by atoms with E-state index in [-0.39, 0.29) is 0 Å². The summed E-state index contributed by atoms with van der Waals surface area (Å²) < 4.78 is 5.38. The Morgan fingerprint density at radius 3 is 2.54 bits per heavy atom. The number of hydrogen-bond acceptors (Lipinski definition) is 1. The summed E-state index contributed by atoms with van der Waals surface area (Å²) in [6.07, 6.45) is 0. The van der Waals surface area contributed by atoms with Crippen LogP contribution in [0, 0.1) is 6.92 Å². The first-order valence-electron chi connectivity index (χ1n) is 4.73. The van der Waals surface area contributed by atoms with Gasteiger partial charge in [-0.15, -0.1) is 0 Å². The van der Waals surface area contributed by atoms with Crippen molar-refractivity contribution in [1.29, 1.82) is 0 Å². The monoisotopic (exact) mass is 177 g/mol. The smallest absolute Gasteiger partial charge is 0.119 e. The molecule has 0 fully saturated rings. The van der Waals surface area contributed by atoms with Gasteiger partial charge in [0.1, 0.15) is 5.75 Å². The van der Waals surface area contributed by atoms with Crippen molar-refractivity contribution in [3.63, 3.8) is 0 Å². The normalized spacial score (nSPS) is 10.5. The maximum atomic E-state index is 5.38. The van der Waals surface area contributed by atoms with E-state index >= 15 is 0 Å². The molecule has 0 unspecified atom stereocenters. The van der Waals surface area contributed by atoms with Gasteiger partial charge >= 0.3 is 0 Å². The molecular formula is C12H17O. The van der Waals surface area contributed by atoms with Gasteiger partial charge in [-0.25, -0.2) is 0 Å². The van der Waals surface area contributed by atoms with Crippen LogP contribution in [-0.4, -0.2) is 6.61 Å². The van der Waals surface area contributed by atoms with Gasteiger partial charge in [0, 0.05) is 0 Å². The summed E-state index contributed by atoms with van der Waals surface area (Å²) in [5, 5.41) is 0. The van der Waals surface area contributed by atoms with E-state index in [0.29, 0.717) is 12.5 Å². The molecule has 0 aliphatic heterocycles. The van der Waals surface area contributed by atoms with Crippen LogP contribution in [0.5, 0.6) is 5.75 Å². The lowest BCUT2D eigenvalue weighted by atomic mass is 9.98. The second kappa shape index (κ2) is 4.31. The molecule has 0 spiro atoms. The van der Waals surface area contributed by atoms with E-state index in [2.05, 4.69) is 26.8 Å². The lowest BCUT2D eigenvalue weighted by Crippen LogP contribution is -1.95. The molecule has 71 valence electrons. The zero-order chi connectivity index (χ0) is 9.84. The number of hydrogen-bond donors (Lipinski definition) is 0. The fourth-order valence-corrected chi connectivity index (χ4v) is 1.40. The molecule has 0 bridgehead atoms. The molecule has 0 aromatic heterocycles. The maximum Gasteiger partial charge on any atom is 0.119 e. The molecule has 1 nitrogen and oxygen atoms in total. The molecule has 0 N–H and O–H groups in total. The first kappa shape index (κ1) is 10.1. The van der Waals surface area contributed by atoms with E-state index in [0.717, 1.165) is 11.3 Å². The van der Waals surface area contributed by atoms with Crippen molar-refractivity contribution < 1.29 is 4.74 Å². The molecule has 0 aliphatic carbocycles. The van der Waals surface area contributed by atoms with E-state index in [9.17, 15) is 0 Å². The van der Waals surface area contributed by atoms with Crippen LogP contribution in [0.1, 0.15) is 37.8 Å². The zero-order valence-corrected chi connectivity index (χ0v) is 8.63. The average Bonchev–Trinajstić information content (AvgIpc) is 2.04. The first-order valence-corrected chi connectivity index (χ1v) is 4.73. The molecule has 0 amide bonds. The third-order valence-electron chi connectivity index (χ3n) is 2.05. The van der Waals surface area contributed by atoms with Crippen molar-refractivity contribution in [2.75, 3.05) is 6.61 Å². The second-order valence-electron chi connectivity index (χ2n) is 3.45. The van der Waals surface area contributed by atoms with E-state index in [1.165, 1.54) is 5.56 Å². The van der Waals surface area contributed by atoms with Crippen LogP contribution in [0.15, 0.2) is 18.2 Å². The lowest BCUT2D eigenvalue weighted by Gasteiger charge is -2.11. The van der Waals surface area contributed by atoms with Crippen LogP contribution < -0.4 is 4.74 Å². The van der Waals surface area contributed by atoms with E-state index in [1.807, 2.05) is 19.1 Å². The van der Waals surface area contributed by atoms with Crippen LogP contribution in [0.2, 0.25) is 0 Å². The first-order chi connectivity index (χ1) is 6.15. The Morgan fingerprint density at radius 1 is 1.38 bits per heavy atom. The highest BCUT2D eigenvalue weighted by atomic mass is 16.5. The summed E-state index contributed by atoms with van der Waals surface area (Å²) in [6.45, 7) is 11.0. The summed E-state index contributed by atoms with van der Waals surface area (Å²) in [4.78, 5) is 0. The topological polar surface area (TPSA) is 9.23 Å². The number of rotatable bonds is 3. The van der Waals surface area contributed by atoms with Crippen molar-refractivity contribution in [3.8, 4) is 5.75 Å². The second-order valence-corrected chi connectivity index (χ2v) is 3.45. The molecule has 1 heteroatoms. The third kappa shape index (κ3) is 2.48. The van der Waals surface area contributed by atoms with Crippen LogP contribution in [0.3, 0.4) is 0 Å². The van der Waals surface area contributed by atoms with Gasteiger partial charge in [0.2, 0.25) is 0 Å². The van der Waals surface area contributed by atoms with Gasteiger partial charge in [0.25, 0.3) is 0 Å². The minimum atomic E-state index is 0.531. The van der Waals surface area contributed by atoms with Gasteiger partial charge in [-0.1, -0.05) is 19.9 Å². The Hall–Kier alpha value is -0.980. The average molecular weight is 177 g/mol. The highest BCUT2D eigenvalue weighted by Crippen LogP contribution is 2.23. The van der Waals surface area contributed by atoms with Crippen molar-refractivity contribution >= 4 is 0 Å². The summed E-state index contributed by atoms with van der Waals surface area (Å²) >= 11 is 0. The van der Waals surface area contributed by atoms with Gasteiger partial charge in [-0.3, -0.25) is 0 Å². The van der Waals surface area contributed by atoms with Crippen molar-refractivity contribution in [2.45, 2.75) is 26.7 Å². The molecule has 1 aromatic carbocycles. The highest BCUT2D eigenvalue weighted by Gasteiger charge is 2.03. The summed E-state index contributed by atoms with van der Waals surface area (Å²) in [6, 6.07) is 6.10. The SMILES string of the molecule is [CH2]c1cc(OCC)ccc1C(C)C. The molecule has 1 rings (SSSR count). The zero-order valence-electron chi connectivity index (χ0n) is 8.63. The summed E-state index contributed by atoms with van der Waals surface area (Å²) in [5.74, 6) is 1.44. The quantitative estimate of drug-likeness (QED) is 0.687. The number of ether oxygens (including phenoxy) is 1. The molecule has 1 radical (unpaired) electrons. The fourth-order valence-electron chi connectivity index (χ4n) is 1.40. The van der Waals surface area contributed by atoms with Crippen molar-refractivity contribution in [3.05, 3.63) is 36.2 Å². The molecule has 0 saturated carbocycles. The van der Waals surface area contributed by atoms with Gasteiger partial charge in [0.05, 0.1) is 6.61 Å². The molecule has 0 aliphatic rings. The third-order valence-corrected chi connectivity index (χ3v) is 2.05. The van der Waals surface area contributed by atoms with E-state index in [4.69, 9.17) is 4.74 Å². The van der Waals surface area contributed by atoms with Gasteiger partial charge in [-0.2, -0.15) is 0 Å². The Labute approximate surface area is 80.7 Å². The van der Waals surface area contributed by atoms with Crippen LogP contribution in [0.4, 0.5) is 0 Å². The summed E-state index contributed by atoms with van der Waals surface area (Å²) in [5.41, 5.74) is 2.37. The minimum Gasteiger partial charge on any atom is -0.494 e. The number of benzene rings is 1. The standard InChI is InChI=1S/C12H17O/c1-5-13-11-6-7-12(9(2)3)10(4)8-11/h6-9H,4-5H2,1-3H3. The van der Waals surface area contributed by atoms with Crippen molar-refractivity contribution in [2.24, 2.45) is 0 Å². The molecule has 0 heterocycles. The largest absolute Gasteiger partial charge is 0.494 e. The predicted molar refractivity (Wildman–Crippen MR) is 56.2 cm³/mol. The molecule has 0 atom stereocenters. The fraction of sp³-hybridized carbons (Fsp3) is 0.417. The van der Waals surface area contributed by atoms with Crippen LogP contribution in [0.25, 0.3) is 0 Å². The molecular weight excluding hydrogens is 160 g/mol. The van der Waals surface area contributed by atoms with Gasteiger partial charge in [0.15, 0.2) is 0 Å². The predicted octanol–water partition coefficient (Wildman–Crippen LogP) is 3.39. The Kier molecular flexibility index (Phi) is 3.35. The Morgan fingerprint density at radius 2 is 2.08 bits per heavy atom. The van der Waals surface area contributed by atoms with E-state index < -0.39 is 0 Å². The Balaban J connectivity index is 2.92. The van der Waals surface area contributed by atoms with Gasteiger partial charge < -0.3 is 4.74 Å². The highest BCUT2D eigenvalue weighted by molar-refractivity contribution is 5.38. The van der Waals surface area contributed by atoms with E-state index in [1.54, 1.807) is 0 Å². The minimum absolute atomic E-state index is 0.531. The molecule has 13 heavy (non-hydrogen) atoms. The lowest BCUT2D eigenvalue weighted by molar-refractivity contribution is 0.340. The van der Waals surface area contributed by atoms with Crippen LogP contribution in [-0.2, 0) is 0 Å². The summed E-state index contributed by atoms with van der Waals surface area (Å²) in [7, 11) is 0. The molecule has 1 aromatic rings. The van der Waals surface area contributed by atoms with Crippen molar-refractivity contribution in [1.82, 2.24) is 0 Å². The maximum absolute atomic E-state index is 5.38.